The van der Waals surface area contributed by atoms with Crippen molar-refractivity contribution in [1.82, 2.24) is 0 Å². The van der Waals surface area contributed by atoms with E-state index in [1.54, 1.807) is 0 Å². The Labute approximate surface area is 220 Å². The molecule has 0 saturated heterocycles. The van der Waals surface area contributed by atoms with Gasteiger partial charge in [0.2, 0.25) is 0 Å². The van der Waals surface area contributed by atoms with E-state index in [-0.39, 0.29) is 10.8 Å². The van der Waals surface area contributed by atoms with Gasteiger partial charge in [0.05, 0.1) is 21.4 Å². The minimum absolute atomic E-state index is 0.110. The van der Waals surface area contributed by atoms with Gasteiger partial charge in [-0.15, -0.1) is 0 Å². The molecule has 0 amide bonds. The topological polar surface area (TPSA) is 18.5 Å². The largest absolute Gasteiger partial charge is 0.496 e. The van der Waals surface area contributed by atoms with Crippen molar-refractivity contribution < 1.29 is 9.47 Å². The summed E-state index contributed by atoms with van der Waals surface area (Å²) in [6.45, 7) is 22.7. The van der Waals surface area contributed by atoms with Gasteiger partial charge in [-0.25, -0.2) is 0 Å². The average molecular weight is 599 g/mol. The summed E-state index contributed by atoms with van der Waals surface area (Å²) in [7, 11) is -1.95. The molecule has 0 bridgehead atoms. The van der Waals surface area contributed by atoms with Gasteiger partial charge in [-0.2, -0.15) is 0 Å². The fourth-order valence-electron chi connectivity index (χ4n) is 3.97. The molecule has 0 saturated carbocycles. The number of hydrogen-bond acceptors (Lipinski definition) is 2. The molecule has 0 aliphatic carbocycles. The molecule has 0 aromatic heterocycles. The molecule has 0 heterocycles. The molecule has 184 valence electrons. The molecule has 33 heavy (non-hydrogen) atoms. The molecular formula is C28H42Br2O2Si. The third kappa shape index (κ3) is 7.11. The van der Waals surface area contributed by atoms with Crippen molar-refractivity contribution in [3.63, 3.8) is 0 Å². The number of ether oxygens (including phenoxy) is 2. The third-order valence-corrected chi connectivity index (χ3v) is 14.1. The molecule has 2 aromatic carbocycles. The predicted molar refractivity (Wildman–Crippen MR) is 153 cm³/mol. The SMILES string of the molecule is CC(C)[Si](COc1ccc(C(C)(C)C)cc1Br)(COc1ccc(C(C)(C)C)cc1Br)C(C)C. The first kappa shape index (κ1) is 28.5. The lowest BCUT2D eigenvalue weighted by atomic mass is 9.87. The summed E-state index contributed by atoms with van der Waals surface area (Å²) in [5, 5.41) is 0. The van der Waals surface area contributed by atoms with E-state index in [9.17, 15) is 0 Å². The van der Waals surface area contributed by atoms with Crippen molar-refractivity contribution >= 4 is 39.9 Å². The lowest BCUT2D eigenvalue weighted by Gasteiger charge is -2.38. The van der Waals surface area contributed by atoms with E-state index in [1.165, 1.54) is 11.1 Å². The summed E-state index contributed by atoms with van der Waals surface area (Å²) >= 11 is 7.48. The van der Waals surface area contributed by atoms with Crippen molar-refractivity contribution in [3.05, 3.63) is 56.5 Å². The fourth-order valence-corrected chi connectivity index (χ4v) is 8.55. The monoisotopic (exact) mass is 596 g/mol. The van der Waals surface area contributed by atoms with Gasteiger partial charge in [0, 0.05) is 0 Å². The van der Waals surface area contributed by atoms with Crippen molar-refractivity contribution in [1.29, 1.82) is 0 Å². The highest BCUT2D eigenvalue weighted by atomic mass is 79.9. The normalized spacial score (nSPS) is 13.0. The Morgan fingerprint density at radius 3 is 1.24 bits per heavy atom. The first-order valence-electron chi connectivity index (χ1n) is 11.9. The summed E-state index contributed by atoms with van der Waals surface area (Å²) in [4.78, 5) is 0. The van der Waals surface area contributed by atoms with Crippen molar-refractivity contribution in [2.45, 2.75) is 91.1 Å². The van der Waals surface area contributed by atoms with Gasteiger partial charge >= 0.3 is 0 Å². The van der Waals surface area contributed by atoms with Crippen LogP contribution in [0.15, 0.2) is 45.3 Å². The maximum Gasteiger partial charge on any atom is 0.146 e. The molecule has 0 atom stereocenters. The minimum atomic E-state index is -1.95. The molecule has 2 aromatic rings. The van der Waals surface area contributed by atoms with Crippen molar-refractivity contribution in [3.8, 4) is 11.5 Å². The van der Waals surface area contributed by atoms with Gasteiger partial charge in [-0.1, -0.05) is 81.4 Å². The van der Waals surface area contributed by atoms with Crippen molar-refractivity contribution in [2.75, 3.05) is 12.5 Å². The van der Waals surface area contributed by atoms with Crippen LogP contribution in [0.4, 0.5) is 0 Å². The summed E-state index contributed by atoms with van der Waals surface area (Å²) in [5.74, 6) is 1.83. The van der Waals surface area contributed by atoms with E-state index >= 15 is 0 Å². The molecular weight excluding hydrogens is 556 g/mol. The fraction of sp³-hybridized carbons (Fsp3) is 0.571. The zero-order valence-corrected chi connectivity index (χ0v) is 26.3. The number of hydrogen-bond donors (Lipinski definition) is 0. The van der Waals surface area contributed by atoms with Crippen LogP contribution in [0, 0.1) is 0 Å². The summed E-state index contributed by atoms with van der Waals surface area (Å²) in [5.41, 5.74) is 3.86. The Morgan fingerprint density at radius 1 is 0.667 bits per heavy atom. The van der Waals surface area contributed by atoms with Gasteiger partial charge in [-0.05, 0) is 89.2 Å². The van der Waals surface area contributed by atoms with E-state index in [2.05, 4.69) is 137 Å². The van der Waals surface area contributed by atoms with Gasteiger partial charge in [-0.3, -0.25) is 0 Å². The van der Waals surface area contributed by atoms with Gasteiger partial charge in [0.15, 0.2) is 0 Å². The molecule has 0 N–H and O–H groups in total. The van der Waals surface area contributed by atoms with Crippen LogP contribution < -0.4 is 9.47 Å². The molecule has 0 fully saturated rings. The van der Waals surface area contributed by atoms with E-state index in [0.29, 0.717) is 11.1 Å². The molecule has 5 heteroatoms. The van der Waals surface area contributed by atoms with E-state index < -0.39 is 8.07 Å². The van der Waals surface area contributed by atoms with Crippen LogP contribution in [0.3, 0.4) is 0 Å². The Balaban J connectivity index is 2.24. The highest BCUT2D eigenvalue weighted by Gasteiger charge is 2.42. The van der Waals surface area contributed by atoms with Crippen LogP contribution in [0.1, 0.15) is 80.4 Å². The van der Waals surface area contributed by atoms with Crippen LogP contribution in [0.5, 0.6) is 11.5 Å². The zero-order valence-electron chi connectivity index (χ0n) is 22.1. The Hall–Kier alpha value is -0.783. The number of rotatable bonds is 8. The van der Waals surface area contributed by atoms with Crippen molar-refractivity contribution in [2.24, 2.45) is 0 Å². The first-order chi connectivity index (χ1) is 15.1. The first-order valence-corrected chi connectivity index (χ1v) is 16.1. The van der Waals surface area contributed by atoms with Gasteiger partial charge < -0.3 is 9.47 Å². The van der Waals surface area contributed by atoms with Crippen LogP contribution in [-0.2, 0) is 10.8 Å². The van der Waals surface area contributed by atoms with E-state index in [0.717, 1.165) is 32.9 Å². The molecule has 2 rings (SSSR count). The lowest BCUT2D eigenvalue weighted by Crippen LogP contribution is -2.53. The Bertz CT molecular complexity index is 862. The second-order valence-corrected chi connectivity index (χ2v) is 19.0. The number of halogens is 2. The van der Waals surface area contributed by atoms with Gasteiger partial charge in [0.25, 0.3) is 0 Å². The van der Waals surface area contributed by atoms with Crippen LogP contribution >= 0.6 is 31.9 Å². The number of benzene rings is 2. The Morgan fingerprint density at radius 2 is 1.00 bits per heavy atom. The highest BCUT2D eigenvalue weighted by molar-refractivity contribution is 9.10. The minimum Gasteiger partial charge on any atom is -0.496 e. The molecule has 0 radical (unpaired) electrons. The van der Waals surface area contributed by atoms with Crippen LogP contribution in [0.25, 0.3) is 0 Å². The predicted octanol–water partition coefficient (Wildman–Crippen LogP) is 9.61. The quantitative estimate of drug-likeness (QED) is 0.282. The maximum atomic E-state index is 6.50. The summed E-state index contributed by atoms with van der Waals surface area (Å²) in [6.07, 6.45) is 1.46. The standard InChI is InChI=1S/C28H42Br2O2Si/c1-19(2)33(20(3)4,17-31-25-13-11-21(15-23(25)29)27(5,6)7)18-32-26-14-12-22(16-24(26)30)28(8,9)10/h11-16,19-20H,17-18H2,1-10H3. The second kappa shape index (κ2) is 10.9. The second-order valence-electron chi connectivity index (χ2n) is 11.9. The summed E-state index contributed by atoms with van der Waals surface area (Å²) < 4.78 is 15.0. The average Bonchev–Trinajstić information content (AvgIpc) is 2.67. The maximum absolute atomic E-state index is 6.50. The van der Waals surface area contributed by atoms with E-state index in [1.807, 2.05) is 0 Å². The van der Waals surface area contributed by atoms with E-state index in [4.69, 9.17) is 9.47 Å². The molecule has 0 aliphatic heterocycles. The Kier molecular flexibility index (Phi) is 9.37. The zero-order chi connectivity index (χ0) is 25.2. The molecule has 0 aliphatic rings. The van der Waals surface area contributed by atoms with Crippen LogP contribution in [0.2, 0.25) is 11.1 Å². The van der Waals surface area contributed by atoms with Crippen LogP contribution in [-0.4, -0.2) is 20.5 Å². The smallest absolute Gasteiger partial charge is 0.146 e. The molecule has 2 nitrogen and oxygen atoms in total. The summed E-state index contributed by atoms with van der Waals surface area (Å²) in [6, 6.07) is 12.9. The van der Waals surface area contributed by atoms with Gasteiger partial charge in [0.1, 0.15) is 19.6 Å². The highest BCUT2D eigenvalue weighted by Crippen LogP contribution is 2.38. The molecule has 0 spiro atoms. The third-order valence-electron chi connectivity index (χ3n) is 6.89. The molecule has 0 unspecified atom stereocenters. The lowest BCUT2D eigenvalue weighted by molar-refractivity contribution is 0.331.